The molecule has 4 heteroatoms. The molecule has 0 atom stereocenters. The molecule has 0 fully saturated rings. The zero-order chi connectivity index (χ0) is 13.2. The van der Waals surface area contributed by atoms with Gasteiger partial charge in [0.25, 0.3) is 0 Å². The van der Waals surface area contributed by atoms with Gasteiger partial charge in [0.2, 0.25) is 0 Å². The number of ether oxygens (including phenoxy) is 2. The Morgan fingerprint density at radius 2 is 1.94 bits per heavy atom. The Hall–Kier alpha value is -1.26. The number of hydrogen-bond donors (Lipinski definition) is 2. The third kappa shape index (κ3) is 4.94. The lowest BCUT2D eigenvalue weighted by Gasteiger charge is -2.10. The van der Waals surface area contributed by atoms with Crippen molar-refractivity contribution in [3.05, 3.63) is 23.8 Å². The predicted molar refractivity (Wildman–Crippen MR) is 71.9 cm³/mol. The summed E-state index contributed by atoms with van der Waals surface area (Å²) < 4.78 is 10.9. The molecular weight excluding hydrogens is 230 g/mol. The van der Waals surface area contributed by atoms with E-state index in [0.29, 0.717) is 13.2 Å². The second kappa shape index (κ2) is 8.78. The molecule has 1 rings (SSSR count). The largest absolute Gasteiger partial charge is 0.496 e. The Bertz CT molecular complexity index is 342. The second-order valence-electron chi connectivity index (χ2n) is 4.16. The molecule has 18 heavy (non-hydrogen) atoms. The average molecular weight is 253 g/mol. The number of methoxy groups -OCH3 is 1. The smallest absolute Gasteiger partial charge is 0.127 e. The first-order valence-electron chi connectivity index (χ1n) is 6.42. The minimum Gasteiger partial charge on any atom is -0.496 e. The first-order valence-corrected chi connectivity index (χ1v) is 6.42. The van der Waals surface area contributed by atoms with E-state index in [-0.39, 0.29) is 6.61 Å². The molecule has 0 spiro atoms. The minimum absolute atomic E-state index is 0.276. The summed E-state index contributed by atoms with van der Waals surface area (Å²) in [5.74, 6) is 1.58. The van der Waals surface area contributed by atoms with Crippen LogP contribution in [-0.4, -0.2) is 25.4 Å². The van der Waals surface area contributed by atoms with Gasteiger partial charge in [-0.1, -0.05) is 12.5 Å². The highest BCUT2D eigenvalue weighted by Crippen LogP contribution is 2.24. The van der Waals surface area contributed by atoms with Crippen LogP contribution in [0.15, 0.2) is 18.2 Å². The van der Waals surface area contributed by atoms with Crippen LogP contribution >= 0.6 is 0 Å². The van der Waals surface area contributed by atoms with Crippen LogP contribution in [0, 0.1) is 0 Å². The summed E-state index contributed by atoms with van der Waals surface area (Å²) in [6.45, 7) is 1.43. The van der Waals surface area contributed by atoms with Crippen LogP contribution < -0.4 is 15.2 Å². The second-order valence-corrected chi connectivity index (χ2v) is 4.16. The fourth-order valence-electron chi connectivity index (χ4n) is 1.74. The maximum absolute atomic E-state index is 8.65. The van der Waals surface area contributed by atoms with Crippen molar-refractivity contribution in [1.29, 1.82) is 0 Å². The molecule has 0 aliphatic rings. The summed E-state index contributed by atoms with van der Waals surface area (Å²) >= 11 is 0. The van der Waals surface area contributed by atoms with E-state index in [1.165, 1.54) is 0 Å². The standard InChI is InChI=1S/C14H23NO3/c1-17-14-10-13(7-6-12(14)11-15)18-9-5-3-2-4-8-16/h6-7,10,16H,2-5,8-9,11,15H2,1H3. The lowest BCUT2D eigenvalue weighted by molar-refractivity contribution is 0.273. The van der Waals surface area contributed by atoms with Gasteiger partial charge >= 0.3 is 0 Å². The molecule has 0 aliphatic carbocycles. The van der Waals surface area contributed by atoms with E-state index in [9.17, 15) is 0 Å². The van der Waals surface area contributed by atoms with Gasteiger partial charge in [-0.2, -0.15) is 0 Å². The van der Waals surface area contributed by atoms with Gasteiger partial charge < -0.3 is 20.3 Å². The maximum atomic E-state index is 8.65. The molecule has 0 aromatic heterocycles. The van der Waals surface area contributed by atoms with Crippen molar-refractivity contribution in [3.63, 3.8) is 0 Å². The van der Waals surface area contributed by atoms with Crippen molar-refractivity contribution >= 4 is 0 Å². The number of benzene rings is 1. The fourth-order valence-corrected chi connectivity index (χ4v) is 1.74. The van der Waals surface area contributed by atoms with Crippen LogP contribution in [0.2, 0.25) is 0 Å². The normalized spacial score (nSPS) is 10.4. The number of hydrogen-bond acceptors (Lipinski definition) is 4. The van der Waals surface area contributed by atoms with Crippen molar-refractivity contribution in [2.75, 3.05) is 20.3 Å². The summed E-state index contributed by atoms with van der Waals surface area (Å²) in [7, 11) is 1.63. The summed E-state index contributed by atoms with van der Waals surface area (Å²) in [4.78, 5) is 0. The molecule has 0 unspecified atom stereocenters. The third-order valence-electron chi connectivity index (χ3n) is 2.80. The zero-order valence-corrected chi connectivity index (χ0v) is 11.0. The molecule has 1 aromatic rings. The van der Waals surface area contributed by atoms with Gasteiger partial charge in [-0.3, -0.25) is 0 Å². The van der Waals surface area contributed by atoms with Crippen LogP contribution in [0.25, 0.3) is 0 Å². The van der Waals surface area contributed by atoms with Crippen LogP contribution in [0.3, 0.4) is 0 Å². The summed E-state index contributed by atoms with van der Waals surface area (Å²) in [5.41, 5.74) is 6.58. The minimum atomic E-state index is 0.276. The van der Waals surface area contributed by atoms with Gasteiger partial charge in [-0.15, -0.1) is 0 Å². The van der Waals surface area contributed by atoms with Gasteiger partial charge in [0, 0.05) is 24.8 Å². The average Bonchev–Trinajstić information content (AvgIpc) is 2.42. The molecule has 4 nitrogen and oxygen atoms in total. The lowest BCUT2D eigenvalue weighted by atomic mass is 10.2. The molecular formula is C14H23NO3. The molecule has 0 heterocycles. The van der Waals surface area contributed by atoms with Gasteiger partial charge in [0.05, 0.1) is 13.7 Å². The van der Waals surface area contributed by atoms with Gasteiger partial charge in [-0.05, 0) is 25.3 Å². The Morgan fingerprint density at radius 3 is 2.61 bits per heavy atom. The van der Waals surface area contributed by atoms with Crippen LogP contribution in [0.1, 0.15) is 31.2 Å². The molecule has 0 radical (unpaired) electrons. The monoisotopic (exact) mass is 253 g/mol. The number of aliphatic hydroxyl groups excluding tert-OH is 1. The lowest BCUT2D eigenvalue weighted by Crippen LogP contribution is -2.02. The van der Waals surface area contributed by atoms with Crippen molar-refractivity contribution in [2.24, 2.45) is 5.73 Å². The molecule has 102 valence electrons. The number of rotatable bonds is 9. The van der Waals surface area contributed by atoms with E-state index in [2.05, 4.69) is 0 Å². The molecule has 1 aromatic carbocycles. The fraction of sp³-hybridized carbons (Fsp3) is 0.571. The van der Waals surface area contributed by atoms with E-state index >= 15 is 0 Å². The van der Waals surface area contributed by atoms with E-state index < -0.39 is 0 Å². The quantitative estimate of drug-likeness (QED) is 0.661. The predicted octanol–water partition coefficient (Wildman–Crippen LogP) is 2.09. The van der Waals surface area contributed by atoms with Crippen molar-refractivity contribution in [2.45, 2.75) is 32.2 Å². The van der Waals surface area contributed by atoms with E-state index in [0.717, 1.165) is 42.7 Å². The Balaban J connectivity index is 2.34. The first-order chi connectivity index (χ1) is 8.81. The summed E-state index contributed by atoms with van der Waals surface area (Å²) in [5, 5.41) is 8.65. The number of unbranched alkanes of at least 4 members (excludes halogenated alkanes) is 3. The SMILES string of the molecule is COc1cc(OCCCCCCO)ccc1CN. The summed E-state index contributed by atoms with van der Waals surface area (Å²) in [6, 6.07) is 5.72. The van der Waals surface area contributed by atoms with Gasteiger partial charge in [0.15, 0.2) is 0 Å². The van der Waals surface area contributed by atoms with Crippen LogP contribution in [-0.2, 0) is 6.54 Å². The number of aliphatic hydroxyl groups is 1. The topological polar surface area (TPSA) is 64.7 Å². The van der Waals surface area contributed by atoms with Crippen molar-refractivity contribution in [1.82, 2.24) is 0 Å². The Morgan fingerprint density at radius 1 is 1.17 bits per heavy atom. The highest BCUT2D eigenvalue weighted by atomic mass is 16.5. The van der Waals surface area contributed by atoms with Gasteiger partial charge in [-0.25, -0.2) is 0 Å². The highest BCUT2D eigenvalue weighted by Gasteiger charge is 2.03. The van der Waals surface area contributed by atoms with Crippen molar-refractivity contribution in [3.8, 4) is 11.5 Å². The van der Waals surface area contributed by atoms with Crippen LogP contribution in [0.5, 0.6) is 11.5 Å². The first kappa shape index (κ1) is 14.8. The maximum Gasteiger partial charge on any atom is 0.127 e. The molecule has 0 amide bonds. The zero-order valence-electron chi connectivity index (χ0n) is 11.0. The Labute approximate surface area is 109 Å². The third-order valence-corrected chi connectivity index (χ3v) is 2.80. The molecule has 0 aliphatic heterocycles. The molecule has 3 N–H and O–H groups in total. The Kier molecular flexibility index (Phi) is 7.22. The number of nitrogens with two attached hydrogens (primary N) is 1. The van der Waals surface area contributed by atoms with Crippen molar-refractivity contribution < 1.29 is 14.6 Å². The van der Waals surface area contributed by atoms with Crippen LogP contribution in [0.4, 0.5) is 0 Å². The van der Waals surface area contributed by atoms with Gasteiger partial charge in [0.1, 0.15) is 11.5 Å². The van der Waals surface area contributed by atoms with E-state index in [1.807, 2.05) is 18.2 Å². The van der Waals surface area contributed by atoms with E-state index in [1.54, 1.807) is 7.11 Å². The summed E-state index contributed by atoms with van der Waals surface area (Å²) in [6.07, 6.45) is 4.01. The highest BCUT2D eigenvalue weighted by molar-refractivity contribution is 5.40. The molecule has 0 saturated heterocycles. The molecule has 0 bridgehead atoms. The van der Waals surface area contributed by atoms with E-state index in [4.69, 9.17) is 20.3 Å². The molecule has 0 saturated carbocycles.